The van der Waals surface area contributed by atoms with Gasteiger partial charge in [-0.15, -0.1) is 0 Å². The molecule has 0 aromatic heterocycles. The van der Waals surface area contributed by atoms with Gasteiger partial charge in [-0.05, 0) is 39.3 Å². The molecule has 2 rings (SSSR count). The number of carbonyl (C=O) groups is 2. The molecule has 0 N–H and O–H groups in total. The van der Waals surface area contributed by atoms with Crippen LogP contribution >= 0.6 is 11.6 Å². The number of benzene rings is 1. The van der Waals surface area contributed by atoms with Gasteiger partial charge in [-0.1, -0.05) is 23.7 Å². The number of hydrogen-bond acceptors (Lipinski definition) is 3. The molecule has 0 spiro atoms. The summed E-state index contributed by atoms with van der Waals surface area (Å²) >= 11 is 6.27. The smallest absolute Gasteiger partial charge is 0.255 e. The molecule has 25 heavy (non-hydrogen) atoms. The van der Waals surface area contributed by atoms with E-state index in [1.54, 1.807) is 29.7 Å². The Balaban J connectivity index is 2.06. The first-order valence-corrected chi connectivity index (χ1v) is 8.79. The average molecular weight is 362 g/mol. The third-order valence-corrected chi connectivity index (χ3v) is 5.05. The van der Waals surface area contributed by atoms with Crippen LogP contribution in [-0.2, 0) is 4.79 Å². The summed E-state index contributed by atoms with van der Waals surface area (Å²) < 4.78 is 0. The van der Waals surface area contributed by atoms with Crippen LogP contribution in [0.5, 0.6) is 0 Å². The van der Waals surface area contributed by atoms with Crippen molar-refractivity contribution in [1.82, 2.24) is 9.80 Å². The van der Waals surface area contributed by atoms with Crippen molar-refractivity contribution >= 4 is 23.4 Å². The summed E-state index contributed by atoms with van der Waals surface area (Å²) in [5.41, 5.74) is 0.686. The fraction of sp³-hybridized carbons (Fsp3) is 0.526. The molecule has 0 unspecified atom stereocenters. The highest BCUT2D eigenvalue weighted by atomic mass is 35.5. The third-order valence-electron chi connectivity index (χ3n) is 4.55. The van der Waals surface area contributed by atoms with Crippen molar-refractivity contribution in [3.05, 3.63) is 34.3 Å². The van der Waals surface area contributed by atoms with Gasteiger partial charge in [0.2, 0.25) is 5.91 Å². The van der Waals surface area contributed by atoms with Crippen molar-refractivity contribution in [3.8, 4) is 6.07 Å². The zero-order valence-electron chi connectivity index (χ0n) is 15.2. The Morgan fingerprint density at radius 3 is 2.64 bits per heavy atom. The van der Waals surface area contributed by atoms with Crippen LogP contribution in [0.4, 0.5) is 0 Å². The fourth-order valence-electron chi connectivity index (χ4n) is 3.01. The quantitative estimate of drug-likeness (QED) is 0.830. The molecule has 1 aliphatic rings. The predicted octanol–water partition coefficient (Wildman–Crippen LogP) is 3.26. The van der Waals surface area contributed by atoms with Gasteiger partial charge in [0, 0.05) is 32.1 Å². The van der Waals surface area contributed by atoms with Crippen LogP contribution < -0.4 is 0 Å². The Bertz CT molecular complexity index is 724. The van der Waals surface area contributed by atoms with Crippen LogP contribution in [0.3, 0.4) is 0 Å². The molecular formula is C19H24ClN3O2. The van der Waals surface area contributed by atoms with Crippen molar-refractivity contribution in [1.29, 1.82) is 5.26 Å². The summed E-state index contributed by atoms with van der Waals surface area (Å²) in [5.74, 6) is -0.148. The maximum Gasteiger partial charge on any atom is 0.255 e. The van der Waals surface area contributed by atoms with E-state index >= 15 is 0 Å². The normalized spacial score (nSPS) is 18.0. The van der Waals surface area contributed by atoms with Gasteiger partial charge in [0.05, 0.1) is 22.1 Å². The number of halogens is 1. The second-order valence-electron chi connectivity index (χ2n) is 7.30. The lowest BCUT2D eigenvalue weighted by Gasteiger charge is -2.40. The molecule has 1 aromatic carbocycles. The van der Waals surface area contributed by atoms with Crippen LogP contribution in [0.2, 0.25) is 5.02 Å². The SMILES string of the molecule is Cc1cccc(C(=O)N2CCN(C(=O)CC(C)(C)C#N)[C@H](C)C2)c1Cl. The van der Waals surface area contributed by atoms with Gasteiger partial charge in [0.1, 0.15) is 0 Å². The summed E-state index contributed by atoms with van der Waals surface area (Å²) in [6.45, 7) is 8.71. The third kappa shape index (κ3) is 4.32. The first-order valence-electron chi connectivity index (χ1n) is 8.41. The van der Waals surface area contributed by atoms with E-state index in [2.05, 4.69) is 6.07 Å². The molecule has 1 heterocycles. The zero-order valence-corrected chi connectivity index (χ0v) is 15.9. The summed E-state index contributed by atoms with van der Waals surface area (Å²) in [6, 6.07) is 7.49. The molecule has 0 aliphatic carbocycles. The minimum absolute atomic E-state index is 0.0419. The van der Waals surface area contributed by atoms with E-state index < -0.39 is 5.41 Å². The summed E-state index contributed by atoms with van der Waals surface area (Å²) in [4.78, 5) is 28.7. The summed E-state index contributed by atoms with van der Waals surface area (Å²) in [7, 11) is 0. The first kappa shape index (κ1) is 19.3. The standard InChI is InChI=1S/C19H24ClN3O2/c1-13-6-5-7-15(17(13)20)18(25)22-8-9-23(14(2)11-22)16(24)10-19(3,4)12-21/h5-7,14H,8-11H2,1-4H3/t14-/m1/s1. The molecule has 0 saturated carbocycles. The maximum absolute atomic E-state index is 12.8. The molecule has 6 heteroatoms. The lowest BCUT2D eigenvalue weighted by molar-refractivity contribution is -0.136. The molecule has 2 amide bonds. The van der Waals surface area contributed by atoms with Crippen LogP contribution in [0.1, 0.15) is 43.1 Å². The monoisotopic (exact) mass is 361 g/mol. The zero-order chi connectivity index (χ0) is 18.8. The van der Waals surface area contributed by atoms with Crippen molar-refractivity contribution in [2.45, 2.75) is 40.2 Å². The maximum atomic E-state index is 12.8. The number of amides is 2. The highest BCUT2D eigenvalue weighted by molar-refractivity contribution is 6.34. The van der Waals surface area contributed by atoms with Crippen LogP contribution in [0, 0.1) is 23.7 Å². The van der Waals surface area contributed by atoms with E-state index in [1.165, 1.54) is 0 Å². The van der Waals surface area contributed by atoms with Crippen molar-refractivity contribution in [2.24, 2.45) is 5.41 Å². The van der Waals surface area contributed by atoms with Crippen molar-refractivity contribution in [3.63, 3.8) is 0 Å². The van der Waals surface area contributed by atoms with Gasteiger partial charge in [-0.2, -0.15) is 5.26 Å². The minimum Gasteiger partial charge on any atom is -0.336 e. The number of piperazine rings is 1. The van der Waals surface area contributed by atoms with E-state index in [0.717, 1.165) is 5.56 Å². The number of rotatable bonds is 3. The molecular weight excluding hydrogens is 338 g/mol. The van der Waals surface area contributed by atoms with E-state index in [-0.39, 0.29) is 24.3 Å². The number of nitriles is 1. The topological polar surface area (TPSA) is 64.4 Å². The van der Waals surface area contributed by atoms with E-state index in [0.29, 0.717) is 30.2 Å². The average Bonchev–Trinajstić information content (AvgIpc) is 2.56. The van der Waals surface area contributed by atoms with Crippen LogP contribution in [-0.4, -0.2) is 47.3 Å². The second-order valence-corrected chi connectivity index (χ2v) is 7.67. The Labute approximate surface area is 154 Å². The Morgan fingerprint density at radius 2 is 2.04 bits per heavy atom. The van der Waals surface area contributed by atoms with E-state index in [9.17, 15) is 9.59 Å². The Hall–Kier alpha value is -2.06. The summed E-state index contributed by atoms with van der Waals surface area (Å²) in [6.07, 6.45) is 0.186. The minimum atomic E-state index is -0.682. The number of hydrogen-bond donors (Lipinski definition) is 0. The molecule has 0 bridgehead atoms. The molecule has 1 aliphatic heterocycles. The molecule has 1 atom stereocenters. The molecule has 1 fully saturated rings. The van der Waals surface area contributed by atoms with Crippen LogP contribution in [0.15, 0.2) is 18.2 Å². The van der Waals surface area contributed by atoms with Gasteiger partial charge in [-0.3, -0.25) is 9.59 Å². The van der Waals surface area contributed by atoms with Gasteiger partial charge < -0.3 is 9.80 Å². The number of carbonyl (C=O) groups excluding carboxylic acids is 2. The first-order chi connectivity index (χ1) is 11.7. The molecule has 1 aromatic rings. The second kappa shape index (κ2) is 7.45. The molecule has 1 saturated heterocycles. The van der Waals surface area contributed by atoms with Gasteiger partial charge >= 0.3 is 0 Å². The highest BCUT2D eigenvalue weighted by Gasteiger charge is 2.33. The lowest BCUT2D eigenvalue weighted by Crippen LogP contribution is -2.55. The molecule has 5 nitrogen and oxygen atoms in total. The summed E-state index contributed by atoms with van der Waals surface area (Å²) in [5, 5.41) is 9.59. The molecule has 0 radical (unpaired) electrons. The van der Waals surface area contributed by atoms with E-state index in [4.69, 9.17) is 16.9 Å². The predicted molar refractivity (Wildman–Crippen MR) is 97.3 cm³/mol. The Morgan fingerprint density at radius 1 is 1.36 bits per heavy atom. The highest BCUT2D eigenvalue weighted by Crippen LogP contribution is 2.25. The number of nitrogens with zero attached hydrogens (tertiary/aromatic N) is 3. The fourth-order valence-corrected chi connectivity index (χ4v) is 3.22. The molecule has 134 valence electrons. The largest absolute Gasteiger partial charge is 0.336 e. The Kier molecular flexibility index (Phi) is 5.74. The number of aryl methyl sites for hydroxylation is 1. The van der Waals surface area contributed by atoms with E-state index in [1.807, 2.05) is 26.0 Å². The van der Waals surface area contributed by atoms with Crippen molar-refractivity contribution < 1.29 is 9.59 Å². The van der Waals surface area contributed by atoms with Gasteiger partial charge in [0.25, 0.3) is 5.91 Å². The lowest BCUT2D eigenvalue weighted by atomic mass is 9.90. The van der Waals surface area contributed by atoms with Gasteiger partial charge in [-0.25, -0.2) is 0 Å². The van der Waals surface area contributed by atoms with Crippen LogP contribution in [0.25, 0.3) is 0 Å². The van der Waals surface area contributed by atoms with Crippen molar-refractivity contribution in [2.75, 3.05) is 19.6 Å². The van der Waals surface area contributed by atoms with Gasteiger partial charge in [0.15, 0.2) is 0 Å².